The minimum absolute atomic E-state index is 0.0644. The number of likely N-dealkylation sites (tertiary alicyclic amines) is 1. The smallest absolute Gasteiger partial charge is 0.270 e. The molecule has 0 aliphatic carbocycles. The molecule has 0 aromatic carbocycles. The minimum Gasteiger partial charge on any atom is -0.356 e. The predicted molar refractivity (Wildman–Crippen MR) is 88.6 cm³/mol. The average molecular weight is 342 g/mol. The van der Waals surface area contributed by atoms with Crippen LogP contribution in [0.25, 0.3) is 0 Å². The van der Waals surface area contributed by atoms with Crippen LogP contribution in [0.3, 0.4) is 0 Å². The Morgan fingerprint density at radius 1 is 1.35 bits per heavy atom. The molecular weight excluding hydrogens is 316 g/mol. The lowest BCUT2D eigenvalue weighted by molar-refractivity contribution is 0.0787. The Labute approximate surface area is 137 Å². The Kier molecular flexibility index (Phi) is 5.49. The number of aromatic nitrogens is 1. The van der Waals surface area contributed by atoms with E-state index in [1.165, 1.54) is 12.3 Å². The summed E-state index contributed by atoms with van der Waals surface area (Å²) in [6.07, 6.45) is 4.69. The number of carbonyl (C=O) groups excluding carboxylic acids is 1. The van der Waals surface area contributed by atoms with Gasteiger partial charge in [0.25, 0.3) is 5.91 Å². The highest BCUT2D eigenvalue weighted by Crippen LogP contribution is 2.17. The second-order valence-corrected chi connectivity index (χ2v) is 7.91. The van der Waals surface area contributed by atoms with Crippen LogP contribution in [0.1, 0.15) is 50.0 Å². The van der Waals surface area contributed by atoms with Gasteiger partial charge < -0.3 is 15.6 Å². The zero-order chi connectivity index (χ0) is 17.1. The van der Waals surface area contributed by atoms with Crippen LogP contribution < -0.4 is 10.5 Å². The summed E-state index contributed by atoms with van der Waals surface area (Å²) in [7, 11) is -3.68. The molecule has 0 atom stereocenters. The maximum atomic E-state index is 12.4. The Hall–Kier alpha value is -1.38. The van der Waals surface area contributed by atoms with Crippen molar-refractivity contribution in [3.05, 3.63) is 18.0 Å². The van der Waals surface area contributed by atoms with Gasteiger partial charge in [-0.15, -0.1) is 0 Å². The highest BCUT2D eigenvalue weighted by molar-refractivity contribution is 7.89. The van der Waals surface area contributed by atoms with Gasteiger partial charge in [0.1, 0.15) is 10.6 Å². The molecule has 7 nitrogen and oxygen atoms in total. The predicted octanol–water partition coefficient (Wildman–Crippen LogP) is 1.05. The fourth-order valence-electron chi connectivity index (χ4n) is 2.57. The van der Waals surface area contributed by atoms with Gasteiger partial charge in [0.2, 0.25) is 10.0 Å². The molecule has 1 aromatic heterocycles. The van der Waals surface area contributed by atoms with Crippen molar-refractivity contribution in [2.75, 3.05) is 19.6 Å². The molecule has 8 heteroatoms. The van der Waals surface area contributed by atoms with Crippen LogP contribution in [0, 0.1) is 0 Å². The van der Waals surface area contributed by atoms with Crippen LogP contribution >= 0.6 is 0 Å². The number of nitrogens with two attached hydrogens (primary N) is 1. The van der Waals surface area contributed by atoms with Crippen molar-refractivity contribution in [2.24, 2.45) is 5.73 Å². The van der Waals surface area contributed by atoms with Gasteiger partial charge in [0.15, 0.2) is 0 Å². The van der Waals surface area contributed by atoms with Crippen molar-refractivity contribution in [2.45, 2.75) is 50.0 Å². The fraction of sp³-hybridized carbons (Fsp3) is 0.667. The largest absolute Gasteiger partial charge is 0.356 e. The summed E-state index contributed by atoms with van der Waals surface area (Å²) in [5, 5.41) is 0. The second kappa shape index (κ2) is 7.02. The topological polar surface area (TPSA) is 108 Å². The standard InChI is InChI=1S/C15H26N4O3S/c1-3-15(16,4-2)11-18-23(21,22)12-9-13(17-10-12)14(20)19-7-5-6-8-19/h9-10,17-18H,3-8,11,16H2,1-2H3. The van der Waals surface area contributed by atoms with Gasteiger partial charge in [-0.25, -0.2) is 13.1 Å². The van der Waals surface area contributed by atoms with E-state index in [0.717, 1.165) is 25.9 Å². The summed E-state index contributed by atoms with van der Waals surface area (Å²) < 4.78 is 27.3. The number of amides is 1. The summed E-state index contributed by atoms with van der Waals surface area (Å²) in [6, 6.07) is 1.39. The van der Waals surface area contributed by atoms with Gasteiger partial charge in [-0.2, -0.15) is 0 Å². The van der Waals surface area contributed by atoms with Crippen molar-refractivity contribution in [1.82, 2.24) is 14.6 Å². The van der Waals surface area contributed by atoms with Crippen LogP contribution in [0.2, 0.25) is 0 Å². The van der Waals surface area contributed by atoms with Crippen molar-refractivity contribution < 1.29 is 13.2 Å². The van der Waals surface area contributed by atoms with Gasteiger partial charge in [-0.3, -0.25) is 4.79 Å². The van der Waals surface area contributed by atoms with Crippen molar-refractivity contribution in [1.29, 1.82) is 0 Å². The number of nitrogens with one attached hydrogen (secondary N) is 2. The molecule has 0 unspecified atom stereocenters. The molecule has 130 valence electrons. The van der Waals surface area contributed by atoms with Crippen LogP contribution in [0.15, 0.2) is 17.2 Å². The molecule has 1 aromatic rings. The third-order valence-corrected chi connectivity index (χ3v) is 5.99. The lowest BCUT2D eigenvalue weighted by Crippen LogP contribution is -2.49. The number of hydrogen-bond acceptors (Lipinski definition) is 4. The van der Waals surface area contributed by atoms with E-state index in [1.54, 1.807) is 4.90 Å². The van der Waals surface area contributed by atoms with Gasteiger partial charge in [0, 0.05) is 31.4 Å². The Morgan fingerprint density at radius 2 is 1.96 bits per heavy atom. The number of rotatable bonds is 7. The molecule has 2 rings (SSSR count). The molecule has 2 heterocycles. The molecule has 0 saturated carbocycles. The second-order valence-electron chi connectivity index (χ2n) is 6.14. The zero-order valence-corrected chi connectivity index (χ0v) is 14.6. The first-order valence-electron chi connectivity index (χ1n) is 8.07. The molecule has 0 spiro atoms. The first-order valence-corrected chi connectivity index (χ1v) is 9.56. The fourth-order valence-corrected chi connectivity index (χ4v) is 3.70. The zero-order valence-electron chi connectivity index (χ0n) is 13.8. The van der Waals surface area contributed by atoms with E-state index in [0.29, 0.717) is 18.5 Å². The lowest BCUT2D eigenvalue weighted by Gasteiger charge is -2.26. The molecular formula is C15H26N4O3S. The number of hydrogen-bond donors (Lipinski definition) is 3. The summed E-state index contributed by atoms with van der Waals surface area (Å²) in [5.74, 6) is -0.153. The summed E-state index contributed by atoms with van der Waals surface area (Å²) in [6.45, 7) is 5.48. The van der Waals surface area contributed by atoms with Gasteiger partial charge in [-0.1, -0.05) is 13.8 Å². The molecule has 0 bridgehead atoms. The minimum atomic E-state index is -3.68. The Balaban J connectivity index is 2.07. The van der Waals surface area contributed by atoms with Gasteiger partial charge in [-0.05, 0) is 31.7 Å². The number of sulfonamides is 1. The van der Waals surface area contributed by atoms with E-state index in [4.69, 9.17) is 5.73 Å². The summed E-state index contributed by atoms with van der Waals surface area (Å²) in [4.78, 5) is 16.8. The molecule has 1 amide bonds. The maximum absolute atomic E-state index is 12.4. The molecule has 23 heavy (non-hydrogen) atoms. The van der Waals surface area contributed by atoms with Crippen molar-refractivity contribution in [3.63, 3.8) is 0 Å². The van der Waals surface area contributed by atoms with Crippen LogP contribution in [0.4, 0.5) is 0 Å². The quantitative estimate of drug-likeness (QED) is 0.688. The van der Waals surface area contributed by atoms with Crippen molar-refractivity contribution in [3.8, 4) is 0 Å². The van der Waals surface area contributed by atoms with Gasteiger partial charge >= 0.3 is 0 Å². The van der Waals surface area contributed by atoms with E-state index in [-0.39, 0.29) is 17.3 Å². The normalized spacial score (nSPS) is 16.0. The molecule has 1 aliphatic heterocycles. The third kappa shape index (κ3) is 4.13. The lowest BCUT2D eigenvalue weighted by atomic mass is 9.95. The van der Waals surface area contributed by atoms with Gasteiger partial charge in [0.05, 0.1) is 0 Å². The first kappa shape index (κ1) is 18.0. The summed E-state index contributed by atoms with van der Waals surface area (Å²) >= 11 is 0. The number of nitrogens with zero attached hydrogens (tertiary/aromatic N) is 1. The molecule has 1 saturated heterocycles. The Morgan fingerprint density at radius 3 is 2.52 bits per heavy atom. The molecule has 4 N–H and O–H groups in total. The number of carbonyl (C=O) groups is 1. The van der Waals surface area contributed by atoms with E-state index in [2.05, 4.69) is 9.71 Å². The average Bonchev–Trinajstić information content (AvgIpc) is 3.23. The number of H-pyrrole nitrogens is 1. The van der Waals surface area contributed by atoms with E-state index in [9.17, 15) is 13.2 Å². The van der Waals surface area contributed by atoms with Crippen LogP contribution in [-0.2, 0) is 10.0 Å². The molecule has 1 fully saturated rings. The highest BCUT2D eigenvalue weighted by atomic mass is 32.2. The first-order chi connectivity index (χ1) is 10.8. The van der Waals surface area contributed by atoms with Crippen molar-refractivity contribution >= 4 is 15.9 Å². The molecule has 0 radical (unpaired) electrons. The SMILES string of the molecule is CCC(N)(CC)CNS(=O)(=O)c1c[nH]c(C(=O)N2CCCC2)c1. The summed E-state index contributed by atoms with van der Waals surface area (Å²) in [5.41, 5.74) is 5.87. The monoisotopic (exact) mass is 342 g/mol. The highest BCUT2D eigenvalue weighted by Gasteiger charge is 2.26. The maximum Gasteiger partial charge on any atom is 0.270 e. The Bertz CT molecular complexity index is 643. The van der Waals surface area contributed by atoms with E-state index < -0.39 is 15.6 Å². The number of aromatic amines is 1. The molecule has 1 aliphatic rings. The van der Waals surface area contributed by atoms with E-state index >= 15 is 0 Å². The van der Waals surface area contributed by atoms with Crippen LogP contribution in [0.5, 0.6) is 0 Å². The van der Waals surface area contributed by atoms with Crippen LogP contribution in [-0.4, -0.2) is 49.4 Å². The van der Waals surface area contributed by atoms with E-state index in [1.807, 2.05) is 13.8 Å². The third-order valence-electron chi connectivity index (χ3n) is 4.61.